The molecule has 0 saturated heterocycles. The van der Waals surface area contributed by atoms with Crippen LogP contribution < -0.4 is 0 Å². The lowest BCUT2D eigenvalue weighted by Gasteiger charge is -2.18. The summed E-state index contributed by atoms with van der Waals surface area (Å²) in [6.07, 6.45) is 1.15. The largest absolute Gasteiger partial charge is 0.457 e. The van der Waals surface area contributed by atoms with Gasteiger partial charge in [-0.25, -0.2) is 4.79 Å². The Morgan fingerprint density at radius 2 is 1.64 bits per heavy atom. The molecule has 0 atom stereocenters. The van der Waals surface area contributed by atoms with E-state index in [2.05, 4.69) is 4.74 Å². The van der Waals surface area contributed by atoms with Gasteiger partial charge in [-0.1, -0.05) is 0 Å². The highest BCUT2D eigenvalue weighted by molar-refractivity contribution is 5.83. The van der Waals surface area contributed by atoms with Crippen LogP contribution in [0.15, 0.2) is 11.8 Å². The van der Waals surface area contributed by atoms with Crippen LogP contribution in [-0.2, 0) is 19.1 Å². The van der Waals surface area contributed by atoms with Crippen LogP contribution in [0.1, 0.15) is 34.6 Å². The second kappa shape index (κ2) is 4.79. The Balaban J connectivity index is 4.23. The summed E-state index contributed by atoms with van der Waals surface area (Å²) >= 11 is 0. The summed E-state index contributed by atoms with van der Waals surface area (Å²) in [6, 6.07) is 0. The van der Waals surface area contributed by atoms with Gasteiger partial charge in [0.2, 0.25) is 0 Å². The highest BCUT2D eigenvalue weighted by Crippen LogP contribution is 2.08. The van der Waals surface area contributed by atoms with E-state index in [9.17, 15) is 9.59 Å². The van der Waals surface area contributed by atoms with Crippen LogP contribution in [0, 0.1) is 0 Å². The van der Waals surface area contributed by atoms with Gasteiger partial charge < -0.3 is 9.47 Å². The number of ether oxygens (including phenoxy) is 2. The molecule has 0 unspecified atom stereocenters. The molecule has 0 aliphatic carbocycles. The van der Waals surface area contributed by atoms with Crippen molar-refractivity contribution in [3.05, 3.63) is 11.8 Å². The van der Waals surface area contributed by atoms with Crippen LogP contribution in [0.4, 0.5) is 0 Å². The lowest BCUT2D eigenvalue weighted by Crippen LogP contribution is -2.22. The predicted octanol–water partition coefficient (Wildman–Crippen LogP) is 1.79. The average molecular weight is 200 g/mol. The number of carbonyl (C=O) groups excluding carboxylic acids is 2. The maximum absolute atomic E-state index is 11.2. The summed E-state index contributed by atoms with van der Waals surface area (Å²) < 4.78 is 9.64. The number of rotatable bonds is 2. The minimum absolute atomic E-state index is 0.228. The zero-order chi connectivity index (χ0) is 11.4. The molecule has 0 aromatic rings. The maximum atomic E-state index is 11.2. The lowest BCUT2D eigenvalue weighted by molar-refractivity contribution is -0.148. The molecule has 80 valence electrons. The Kier molecular flexibility index (Phi) is 4.34. The van der Waals surface area contributed by atoms with Gasteiger partial charge in [-0.05, 0) is 27.7 Å². The van der Waals surface area contributed by atoms with E-state index in [0.29, 0.717) is 0 Å². The Morgan fingerprint density at radius 3 is 2.00 bits per heavy atom. The van der Waals surface area contributed by atoms with Crippen molar-refractivity contribution in [3.8, 4) is 0 Å². The first-order valence-corrected chi connectivity index (χ1v) is 4.30. The molecule has 0 N–H and O–H groups in total. The fourth-order valence-electron chi connectivity index (χ4n) is 0.753. The van der Waals surface area contributed by atoms with Gasteiger partial charge in [0.25, 0.3) is 0 Å². The van der Waals surface area contributed by atoms with Gasteiger partial charge in [-0.2, -0.15) is 0 Å². The third-order valence-electron chi connectivity index (χ3n) is 1.03. The molecule has 0 radical (unpaired) electrons. The van der Waals surface area contributed by atoms with Crippen molar-refractivity contribution in [2.45, 2.75) is 40.2 Å². The van der Waals surface area contributed by atoms with E-state index < -0.39 is 17.5 Å². The summed E-state index contributed by atoms with van der Waals surface area (Å²) in [5.74, 6) is -0.745. The first-order valence-electron chi connectivity index (χ1n) is 4.30. The normalized spacial score (nSPS) is 12.2. The number of allylic oxidation sites excluding steroid dienone is 1. The van der Waals surface area contributed by atoms with Crippen LogP contribution in [0.25, 0.3) is 0 Å². The molecule has 0 fully saturated rings. The van der Waals surface area contributed by atoms with Gasteiger partial charge >= 0.3 is 11.9 Å². The molecular formula is C10H16O4. The summed E-state index contributed by atoms with van der Waals surface area (Å²) in [5.41, 5.74) is -0.538. The van der Waals surface area contributed by atoms with Gasteiger partial charge in [0, 0.05) is 6.92 Å². The summed E-state index contributed by atoms with van der Waals surface area (Å²) in [6.45, 7) is 8.08. The highest BCUT2D eigenvalue weighted by atomic mass is 16.6. The topological polar surface area (TPSA) is 52.6 Å². The molecule has 14 heavy (non-hydrogen) atoms. The van der Waals surface area contributed by atoms with Crippen molar-refractivity contribution in [2.24, 2.45) is 0 Å². The van der Waals surface area contributed by atoms with Crippen molar-refractivity contribution in [1.82, 2.24) is 0 Å². The van der Waals surface area contributed by atoms with Crippen LogP contribution >= 0.6 is 0 Å². The molecule has 0 spiro atoms. The molecule has 4 heteroatoms. The maximum Gasteiger partial charge on any atom is 0.334 e. The first-order chi connectivity index (χ1) is 6.20. The van der Waals surface area contributed by atoms with Crippen molar-refractivity contribution in [1.29, 1.82) is 0 Å². The highest BCUT2D eigenvalue weighted by Gasteiger charge is 2.14. The van der Waals surface area contributed by atoms with E-state index in [1.165, 1.54) is 13.8 Å². The summed E-state index contributed by atoms with van der Waals surface area (Å²) in [4.78, 5) is 21.7. The molecule has 0 amide bonds. The van der Waals surface area contributed by atoms with E-state index in [4.69, 9.17) is 4.74 Å². The molecule has 0 aromatic carbocycles. The summed E-state index contributed by atoms with van der Waals surface area (Å²) in [7, 11) is 0. The van der Waals surface area contributed by atoms with Crippen LogP contribution in [0.3, 0.4) is 0 Å². The second-order valence-electron chi connectivity index (χ2n) is 3.88. The third kappa shape index (κ3) is 7.34. The smallest absolute Gasteiger partial charge is 0.334 e. The molecule has 0 heterocycles. The summed E-state index contributed by atoms with van der Waals surface area (Å²) in [5, 5.41) is 0. The molecule has 0 aliphatic rings. The zero-order valence-electron chi connectivity index (χ0n) is 9.21. The zero-order valence-corrected chi connectivity index (χ0v) is 9.21. The fraction of sp³-hybridized carbons (Fsp3) is 0.600. The van der Waals surface area contributed by atoms with E-state index in [0.717, 1.165) is 6.08 Å². The van der Waals surface area contributed by atoms with Gasteiger partial charge in [0.05, 0.1) is 6.08 Å². The number of hydrogen-bond donors (Lipinski definition) is 0. The van der Waals surface area contributed by atoms with Gasteiger partial charge in [0.1, 0.15) is 11.4 Å². The van der Waals surface area contributed by atoms with E-state index in [-0.39, 0.29) is 5.76 Å². The Bertz CT molecular complexity index is 258. The van der Waals surface area contributed by atoms with Gasteiger partial charge in [-0.15, -0.1) is 0 Å². The molecule has 4 nitrogen and oxygen atoms in total. The van der Waals surface area contributed by atoms with Crippen molar-refractivity contribution >= 4 is 11.9 Å². The van der Waals surface area contributed by atoms with Gasteiger partial charge in [0.15, 0.2) is 0 Å². The average Bonchev–Trinajstić information content (AvgIpc) is 1.77. The number of carbonyl (C=O) groups is 2. The Morgan fingerprint density at radius 1 is 1.14 bits per heavy atom. The molecule has 0 rings (SSSR count). The molecule has 0 saturated carbocycles. The van der Waals surface area contributed by atoms with E-state index in [1.54, 1.807) is 20.8 Å². The van der Waals surface area contributed by atoms with Crippen molar-refractivity contribution in [3.63, 3.8) is 0 Å². The Hall–Kier alpha value is -1.32. The second-order valence-corrected chi connectivity index (χ2v) is 3.88. The molecular weight excluding hydrogens is 184 g/mol. The monoisotopic (exact) mass is 200 g/mol. The van der Waals surface area contributed by atoms with E-state index >= 15 is 0 Å². The predicted molar refractivity (Wildman–Crippen MR) is 51.4 cm³/mol. The number of esters is 2. The van der Waals surface area contributed by atoms with Crippen LogP contribution in [0.5, 0.6) is 0 Å². The van der Waals surface area contributed by atoms with Crippen molar-refractivity contribution < 1.29 is 19.1 Å². The molecule has 0 bridgehead atoms. The van der Waals surface area contributed by atoms with E-state index in [1.807, 2.05) is 0 Å². The first kappa shape index (κ1) is 12.7. The standard InChI is InChI=1S/C10H16O4/c1-7(13-8(2)11)6-9(12)14-10(3,4)5/h6H,1-5H3/b7-6+. The van der Waals surface area contributed by atoms with Crippen molar-refractivity contribution in [2.75, 3.05) is 0 Å². The van der Waals surface area contributed by atoms with Crippen LogP contribution in [-0.4, -0.2) is 17.5 Å². The SMILES string of the molecule is CC(=O)O/C(C)=C/C(=O)OC(C)(C)C. The Labute approximate surface area is 83.9 Å². The minimum Gasteiger partial charge on any atom is -0.457 e. The van der Waals surface area contributed by atoms with Crippen LogP contribution in [0.2, 0.25) is 0 Å². The van der Waals surface area contributed by atoms with Gasteiger partial charge in [-0.3, -0.25) is 4.79 Å². The number of hydrogen-bond acceptors (Lipinski definition) is 4. The third-order valence-corrected chi connectivity index (χ3v) is 1.03. The molecule has 0 aliphatic heterocycles. The lowest BCUT2D eigenvalue weighted by atomic mass is 10.2. The minimum atomic E-state index is -0.538. The quantitative estimate of drug-likeness (QED) is 0.387. The fourth-order valence-corrected chi connectivity index (χ4v) is 0.753. The molecule has 0 aromatic heterocycles.